The Labute approximate surface area is 231 Å². The normalized spacial score (nSPS) is 11.0. The van der Waals surface area contributed by atoms with E-state index < -0.39 is 0 Å². The number of nitrogens with zero attached hydrogens (tertiary/aromatic N) is 1. The van der Waals surface area contributed by atoms with Gasteiger partial charge in [-0.1, -0.05) is 55.2 Å². The molecule has 1 heterocycles. The number of carbonyl (C=O) groups excluding carboxylic acids is 3. The van der Waals surface area contributed by atoms with E-state index in [4.69, 9.17) is 23.2 Å². The molecule has 0 aliphatic carbocycles. The van der Waals surface area contributed by atoms with Crippen LogP contribution in [0.5, 0.6) is 0 Å². The Morgan fingerprint density at radius 3 is 2.21 bits per heavy atom. The third-order valence-corrected chi connectivity index (χ3v) is 6.75. The molecule has 0 radical (unpaired) electrons. The molecule has 0 saturated heterocycles. The van der Waals surface area contributed by atoms with Gasteiger partial charge in [-0.15, -0.1) is 0 Å². The maximum Gasteiger partial charge on any atom is 0.268 e. The zero-order valence-corrected chi connectivity index (χ0v) is 22.8. The average molecular weight is 551 g/mol. The van der Waals surface area contributed by atoms with Crippen LogP contribution >= 0.6 is 23.2 Å². The standard InChI is InChI=1S/C29H28Cl2N4O3/c1-17(2)27(36)32-16-19-6-10-24(31)23(12-19)28(37)34-22-9-11-25-20(13-22)14-26(35(25)3)29(38)33-15-18-4-7-21(30)8-5-18/h4-14,17H,15-16H2,1-3H3,(H,32,36)(H,33,38)(H,34,37). The van der Waals surface area contributed by atoms with Gasteiger partial charge in [-0.3, -0.25) is 14.4 Å². The van der Waals surface area contributed by atoms with Gasteiger partial charge in [-0.05, 0) is 59.7 Å². The highest BCUT2D eigenvalue weighted by atomic mass is 35.5. The molecule has 0 aliphatic heterocycles. The van der Waals surface area contributed by atoms with E-state index in [9.17, 15) is 14.4 Å². The van der Waals surface area contributed by atoms with Crippen LogP contribution in [0.25, 0.3) is 10.9 Å². The summed E-state index contributed by atoms with van der Waals surface area (Å²) in [6.07, 6.45) is 0. The van der Waals surface area contributed by atoms with Gasteiger partial charge >= 0.3 is 0 Å². The van der Waals surface area contributed by atoms with E-state index in [1.54, 1.807) is 42.5 Å². The molecule has 4 aromatic rings. The molecule has 0 spiro atoms. The fourth-order valence-electron chi connectivity index (χ4n) is 3.97. The van der Waals surface area contributed by atoms with Gasteiger partial charge in [0.05, 0.1) is 10.6 Å². The topological polar surface area (TPSA) is 92.2 Å². The molecule has 7 nitrogen and oxygen atoms in total. The number of anilines is 1. The summed E-state index contributed by atoms with van der Waals surface area (Å²) in [5.41, 5.74) is 3.92. The summed E-state index contributed by atoms with van der Waals surface area (Å²) >= 11 is 12.2. The van der Waals surface area contributed by atoms with E-state index in [2.05, 4.69) is 16.0 Å². The van der Waals surface area contributed by atoms with Gasteiger partial charge in [0.25, 0.3) is 11.8 Å². The molecule has 0 fully saturated rings. The molecular weight excluding hydrogens is 523 g/mol. The molecule has 9 heteroatoms. The van der Waals surface area contributed by atoms with Gasteiger partial charge in [0, 0.05) is 47.7 Å². The number of amides is 3. The third kappa shape index (κ3) is 6.36. The Bertz CT molecular complexity index is 1510. The van der Waals surface area contributed by atoms with E-state index in [0.29, 0.717) is 40.1 Å². The molecule has 0 unspecified atom stereocenters. The molecule has 4 rings (SSSR count). The van der Waals surface area contributed by atoms with Crippen LogP contribution in [0.3, 0.4) is 0 Å². The number of hydrogen-bond donors (Lipinski definition) is 3. The molecule has 3 aromatic carbocycles. The van der Waals surface area contributed by atoms with Crippen LogP contribution in [-0.2, 0) is 24.9 Å². The smallest absolute Gasteiger partial charge is 0.268 e. The van der Waals surface area contributed by atoms with E-state index in [0.717, 1.165) is 22.0 Å². The lowest BCUT2D eigenvalue weighted by molar-refractivity contribution is -0.124. The maximum absolute atomic E-state index is 13.0. The largest absolute Gasteiger partial charge is 0.352 e. The number of carbonyl (C=O) groups is 3. The first-order chi connectivity index (χ1) is 18.1. The zero-order valence-electron chi connectivity index (χ0n) is 21.3. The molecule has 38 heavy (non-hydrogen) atoms. The first kappa shape index (κ1) is 27.2. The quantitative estimate of drug-likeness (QED) is 0.253. The highest BCUT2D eigenvalue weighted by Crippen LogP contribution is 2.25. The number of nitrogens with one attached hydrogen (secondary N) is 3. The number of fused-ring (bicyclic) bond motifs is 1. The summed E-state index contributed by atoms with van der Waals surface area (Å²) in [5.74, 6) is -0.783. The molecule has 3 N–H and O–H groups in total. The number of benzene rings is 3. The van der Waals surface area contributed by atoms with Crippen molar-refractivity contribution >= 4 is 57.5 Å². The minimum absolute atomic E-state index is 0.0693. The molecule has 1 aromatic heterocycles. The Morgan fingerprint density at radius 1 is 0.816 bits per heavy atom. The number of hydrogen-bond acceptors (Lipinski definition) is 3. The average Bonchev–Trinajstić information content (AvgIpc) is 3.22. The number of halogens is 2. The minimum Gasteiger partial charge on any atom is -0.352 e. The molecule has 0 saturated carbocycles. The van der Waals surface area contributed by atoms with Crippen LogP contribution in [0.15, 0.2) is 66.7 Å². The fourth-order valence-corrected chi connectivity index (χ4v) is 4.30. The maximum atomic E-state index is 13.0. The lowest BCUT2D eigenvalue weighted by Crippen LogP contribution is -2.27. The first-order valence-electron chi connectivity index (χ1n) is 12.1. The minimum atomic E-state index is -0.372. The predicted octanol–water partition coefficient (Wildman–Crippen LogP) is 5.94. The fraction of sp³-hybridized carbons (Fsp3) is 0.207. The number of rotatable bonds is 8. The number of aromatic nitrogens is 1. The molecule has 0 atom stereocenters. The summed E-state index contributed by atoms with van der Waals surface area (Å²) in [6, 6.07) is 19.6. The van der Waals surface area contributed by atoms with Crippen molar-refractivity contribution in [2.24, 2.45) is 13.0 Å². The molecule has 3 amide bonds. The summed E-state index contributed by atoms with van der Waals surface area (Å²) < 4.78 is 1.81. The highest BCUT2D eigenvalue weighted by Gasteiger charge is 2.16. The summed E-state index contributed by atoms with van der Waals surface area (Å²) in [4.78, 5) is 37.8. The van der Waals surface area contributed by atoms with Crippen LogP contribution < -0.4 is 16.0 Å². The molecular formula is C29H28Cl2N4O3. The Morgan fingerprint density at radius 2 is 1.50 bits per heavy atom. The Kier molecular flexibility index (Phi) is 8.39. The van der Waals surface area contributed by atoms with Crippen LogP contribution in [0.4, 0.5) is 5.69 Å². The van der Waals surface area contributed by atoms with Crippen LogP contribution in [0.2, 0.25) is 10.0 Å². The second-order valence-corrected chi connectivity index (χ2v) is 10.2. The SMILES string of the molecule is CC(C)C(=O)NCc1ccc(Cl)c(C(=O)Nc2ccc3c(c2)cc(C(=O)NCc2ccc(Cl)cc2)n3C)c1. The van der Waals surface area contributed by atoms with Gasteiger partial charge in [0.2, 0.25) is 5.91 Å². The molecule has 0 bridgehead atoms. The van der Waals surface area contributed by atoms with E-state index >= 15 is 0 Å². The lowest BCUT2D eigenvalue weighted by atomic mass is 10.1. The summed E-state index contributed by atoms with van der Waals surface area (Å²) in [6.45, 7) is 4.31. The summed E-state index contributed by atoms with van der Waals surface area (Å²) in [7, 11) is 1.82. The van der Waals surface area contributed by atoms with Crippen molar-refractivity contribution in [3.8, 4) is 0 Å². The van der Waals surface area contributed by atoms with Gasteiger partial charge in [0.15, 0.2) is 0 Å². The van der Waals surface area contributed by atoms with Crippen molar-refractivity contribution in [3.05, 3.63) is 99.2 Å². The second kappa shape index (κ2) is 11.7. The van der Waals surface area contributed by atoms with Crippen molar-refractivity contribution in [1.82, 2.24) is 15.2 Å². The monoisotopic (exact) mass is 550 g/mol. The van der Waals surface area contributed by atoms with Crippen molar-refractivity contribution in [3.63, 3.8) is 0 Å². The van der Waals surface area contributed by atoms with E-state index in [1.165, 1.54) is 0 Å². The van der Waals surface area contributed by atoms with E-state index in [1.807, 2.05) is 49.7 Å². The number of aryl methyl sites for hydroxylation is 1. The van der Waals surface area contributed by atoms with Gasteiger partial charge in [-0.25, -0.2) is 0 Å². The molecule has 0 aliphatic rings. The third-order valence-electron chi connectivity index (χ3n) is 6.17. The van der Waals surface area contributed by atoms with Crippen LogP contribution in [0.1, 0.15) is 45.8 Å². The van der Waals surface area contributed by atoms with Crippen LogP contribution in [-0.4, -0.2) is 22.3 Å². The summed E-state index contributed by atoms with van der Waals surface area (Å²) in [5, 5.41) is 10.4. The highest BCUT2D eigenvalue weighted by molar-refractivity contribution is 6.34. The lowest BCUT2D eigenvalue weighted by Gasteiger charge is -2.11. The zero-order chi connectivity index (χ0) is 27.4. The predicted molar refractivity (Wildman–Crippen MR) is 152 cm³/mol. The first-order valence-corrected chi connectivity index (χ1v) is 12.9. The van der Waals surface area contributed by atoms with Gasteiger partial charge in [0.1, 0.15) is 5.69 Å². The van der Waals surface area contributed by atoms with Crippen molar-refractivity contribution in [2.75, 3.05) is 5.32 Å². The Balaban J connectivity index is 1.47. The van der Waals surface area contributed by atoms with Crippen molar-refractivity contribution < 1.29 is 14.4 Å². The molecule has 196 valence electrons. The van der Waals surface area contributed by atoms with Crippen molar-refractivity contribution in [1.29, 1.82) is 0 Å². The van der Waals surface area contributed by atoms with Gasteiger partial charge < -0.3 is 20.5 Å². The van der Waals surface area contributed by atoms with Gasteiger partial charge in [-0.2, -0.15) is 0 Å². The van der Waals surface area contributed by atoms with Crippen LogP contribution in [0, 0.1) is 5.92 Å². The van der Waals surface area contributed by atoms with Crippen molar-refractivity contribution in [2.45, 2.75) is 26.9 Å². The Hall–Kier alpha value is -3.81. The second-order valence-electron chi connectivity index (χ2n) is 9.31. The van der Waals surface area contributed by atoms with E-state index in [-0.39, 0.29) is 23.6 Å².